The fourth-order valence-corrected chi connectivity index (χ4v) is 2.80. The molecular weight excluding hydrogens is 414 g/mol. The van der Waals surface area contributed by atoms with Crippen molar-refractivity contribution >= 4 is 23.3 Å². The van der Waals surface area contributed by atoms with Crippen LogP contribution in [0.15, 0.2) is 47.0 Å². The number of ether oxygens (including phenoxy) is 2. The van der Waals surface area contributed by atoms with Crippen molar-refractivity contribution in [3.8, 4) is 5.75 Å². The normalized spacial score (nSPS) is 10.8. The maximum absolute atomic E-state index is 12.6. The Bertz CT molecular complexity index is 1110. The Morgan fingerprint density at radius 1 is 1.12 bits per heavy atom. The lowest BCUT2D eigenvalue weighted by molar-refractivity contribution is 0.0371. The first-order chi connectivity index (χ1) is 15.3. The molecule has 2 aromatic heterocycles. The van der Waals surface area contributed by atoms with E-state index >= 15 is 0 Å². The molecular formula is C23H25N3O6. The van der Waals surface area contributed by atoms with Gasteiger partial charge in [0.05, 0.1) is 11.8 Å². The average Bonchev–Trinajstić information content (AvgIpc) is 3.39. The first-order valence-corrected chi connectivity index (χ1v) is 10.2. The molecule has 3 aromatic rings. The third-order valence-corrected chi connectivity index (χ3v) is 4.40. The second-order valence-electron chi connectivity index (χ2n) is 7.29. The van der Waals surface area contributed by atoms with E-state index in [0.717, 1.165) is 0 Å². The van der Waals surface area contributed by atoms with Gasteiger partial charge in [-0.1, -0.05) is 0 Å². The summed E-state index contributed by atoms with van der Waals surface area (Å²) in [5, 5.41) is 6.82. The minimum absolute atomic E-state index is 0.0247. The molecule has 0 radical (unpaired) electrons. The quantitative estimate of drug-likeness (QED) is 0.395. The number of nitrogens with one attached hydrogen (secondary N) is 1. The number of rotatable bonds is 9. The monoisotopic (exact) mass is 439 g/mol. The molecule has 9 heteroatoms. The van der Waals surface area contributed by atoms with Crippen LogP contribution in [0.2, 0.25) is 0 Å². The van der Waals surface area contributed by atoms with E-state index < -0.39 is 11.9 Å². The van der Waals surface area contributed by atoms with E-state index in [-0.39, 0.29) is 35.6 Å². The molecule has 1 amide bonds. The van der Waals surface area contributed by atoms with Crippen LogP contribution in [0.5, 0.6) is 5.75 Å². The number of amides is 1. The maximum Gasteiger partial charge on any atom is 0.361 e. The van der Waals surface area contributed by atoms with Crippen LogP contribution in [-0.2, 0) is 17.9 Å². The predicted molar refractivity (Wildman–Crippen MR) is 116 cm³/mol. The Balaban J connectivity index is 1.65. The van der Waals surface area contributed by atoms with Gasteiger partial charge in [0.1, 0.15) is 18.1 Å². The Morgan fingerprint density at radius 2 is 1.84 bits per heavy atom. The van der Waals surface area contributed by atoms with Crippen LogP contribution in [0.1, 0.15) is 64.9 Å². The summed E-state index contributed by atoms with van der Waals surface area (Å²) in [6.45, 7) is 7.45. The third-order valence-electron chi connectivity index (χ3n) is 4.40. The first-order valence-electron chi connectivity index (χ1n) is 10.2. The van der Waals surface area contributed by atoms with Crippen LogP contribution < -0.4 is 10.1 Å². The van der Waals surface area contributed by atoms with Crippen LogP contribution in [0.4, 0.5) is 5.69 Å². The fourth-order valence-electron chi connectivity index (χ4n) is 2.80. The SMILES string of the molecule is CCn1cc(NC(=O)c2ccc(COc3ccc(C(C)=O)cc3)o2)c(C(=O)OC(C)C)n1. The molecule has 0 unspecified atom stereocenters. The summed E-state index contributed by atoms with van der Waals surface area (Å²) >= 11 is 0. The number of esters is 1. The number of aryl methyl sites for hydroxylation is 1. The second kappa shape index (κ2) is 9.95. The Kier molecular flexibility index (Phi) is 7.09. The van der Waals surface area contributed by atoms with Crippen LogP contribution in [0, 0.1) is 0 Å². The van der Waals surface area contributed by atoms with E-state index in [1.165, 1.54) is 17.7 Å². The number of benzene rings is 1. The van der Waals surface area contributed by atoms with Gasteiger partial charge >= 0.3 is 5.97 Å². The van der Waals surface area contributed by atoms with Gasteiger partial charge in [-0.3, -0.25) is 14.3 Å². The predicted octanol–water partition coefficient (Wildman–Crippen LogP) is 4.10. The lowest BCUT2D eigenvalue weighted by Crippen LogP contribution is -2.17. The van der Waals surface area contributed by atoms with Crippen molar-refractivity contribution in [1.82, 2.24) is 9.78 Å². The first kappa shape index (κ1) is 22.8. The average molecular weight is 439 g/mol. The number of anilines is 1. The van der Waals surface area contributed by atoms with Gasteiger partial charge in [0.25, 0.3) is 5.91 Å². The summed E-state index contributed by atoms with van der Waals surface area (Å²) in [6, 6.07) is 9.88. The summed E-state index contributed by atoms with van der Waals surface area (Å²) in [5.74, 6) is -0.110. The van der Waals surface area contributed by atoms with E-state index in [9.17, 15) is 14.4 Å². The number of Topliss-reactive ketones (excluding diaryl/α,β-unsaturated/α-hetero) is 1. The number of furan rings is 1. The minimum Gasteiger partial charge on any atom is -0.486 e. The molecule has 0 saturated heterocycles. The molecule has 3 rings (SSSR count). The van der Waals surface area contributed by atoms with Gasteiger partial charge < -0.3 is 19.2 Å². The molecule has 0 spiro atoms. The summed E-state index contributed by atoms with van der Waals surface area (Å²) in [5.41, 5.74) is 0.859. The fraction of sp³-hybridized carbons (Fsp3) is 0.304. The van der Waals surface area contributed by atoms with Crippen molar-refractivity contribution in [3.63, 3.8) is 0 Å². The van der Waals surface area contributed by atoms with Crippen LogP contribution in [0.3, 0.4) is 0 Å². The van der Waals surface area contributed by atoms with Gasteiger partial charge in [0.2, 0.25) is 0 Å². The van der Waals surface area contributed by atoms with Crippen LogP contribution in [0.25, 0.3) is 0 Å². The molecule has 32 heavy (non-hydrogen) atoms. The molecule has 168 valence electrons. The summed E-state index contributed by atoms with van der Waals surface area (Å²) in [7, 11) is 0. The lowest BCUT2D eigenvalue weighted by atomic mass is 10.1. The van der Waals surface area contributed by atoms with Gasteiger partial charge in [-0.25, -0.2) is 4.79 Å². The lowest BCUT2D eigenvalue weighted by Gasteiger charge is -2.07. The molecule has 2 heterocycles. The van der Waals surface area contributed by atoms with Gasteiger partial charge in [0, 0.05) is 18.3 Å². The highest BCUT2D eigenvalue weighted by Gasteiger charge is 2.22. The smallest absolute Gasteiger partial charge is 0.361 e. The Hall–Kier alpha value is -3.88. The zero-order chi connectivity index (χ0) is 23.3. The highest BCUT2D eigenvalue weighted by molar-refractivity contribution is 6.06. The molecule has 1 aromatic carbocycles. The van der Waals surface area contributed by atoms with Crippen molar-refractivity contribution in [2.45, 2.75) is 47.0 Å². The number of hydrogen-bond donors (Lipinski definition) is 1. The number of hydrogen-bond acceptors (Lipinski definition) is 7. The minimum atomic E-state index is -0.619. The number of nitrogens with zero attached hydrogens (tertiary/aromatic N) is 2. The summed E-state index contributed by atoms with van der Waals surface area (Å²) in [4.78, 5) is 36.3. The molecule has 0 aliphatic carbocycles. The number of aromatic nitrogens is 2. The van der Waals surface area contributed by atoms with E-state index in [4.69, 9.17) is 13.9 Å². The maximum atomic E-state index is 12.6. The summed E-state index contributed by atoms with van der Waals surface area (Å²) < 4.78 is 17.9. The number of ketones is 1. The van der Waals surface area contributed by atoms with E-state index in [1.54, 1.807) is 50.4 Å². The molecule has 1 N–H and O–H groups in total. The van der Waals surface area contributed by atoms with Gasteiger partial charge in [-0.05, 0) is 64.1 Å². The Labute approximate surface area is 185 Å². The molecule has 0 fully saturated rings. The standard InChI is InChI=1S/C23H25N3O6/c1-5-26-12-19(21(25-26)23(29)31-14(2)3)24-22(28)20-11-10-18(32-20)13-30-17-8-6-16(7-9-17)15(4)27/h6-12,14H,5,13H2,1-4H3,(H,24,28). The number of carbonyl (C=O) groups is 3. The van der Waals surface area contributed by atoms with Crippen molar-refractivity contribution in [3.05, 3.63) is 65.4 Å². The third kappa shape index (κ3) is 5.63. The van der Waals surface area contributed by atoms with Crippen LogP contribution >= 0.6 is 0 Å². The van der Waals surface area contributed by atoms with E-state index in [1.807, 2.05) is 6.92 Å². The molecule has 0 saturated carbocycles. The second-order valence-corrected chi connectivity index (χ2v) is 7.29. The molecule has 0 aliphatic rings. The largest absolute Gasteiger partial charge is 0.486 e. The van der Waals surface area contributed by atoms with E-state index in [0.29, 0.717) is 23.6 Å². The summed E-state index contributed by atoms with van der Waals surface area (Å²) in [6.07, 6.45) is 1.25. The van der Waals surface area contributed by atoms with Crippen molar-refractivity contribution in [1.29, 1.82) is 0 Å². The zero-order valence-electron chi connectivity index (χ0n) is 18.4. The Morgan fingerprint density at radius 3 is 2.47 bits per heavy atom. The van der Waals surface area contributed by atoms with Gasteiger partial charge in [-0.2, -0.15) is 5.10 Å². The molecule has 9 nitrogen and oxygen atoms in total. The topological polar surface area (TPSA) is 113 Å². The van der Waals surface area contributed by atoms with Gasteiger partial charge in [0.15, 0.2) is 17.2 Å². The highest BCUT2D eigenvalue weighted by atomic mass is 16.5. The van der Waals surface area contributed by atoms with Crippen molar-refractivity contribution < 1.29 is 28.3 Å². The number of carbonyl (C=O) groups excluding carboxylic acids is 3. The van der Waals surface area contributed by atoms with Crippen molar-refractivity contribution in [2.75, 3.05) is 5.32 Å². The highest BCUT2D eigenvalue weighted by Crippen LogP contribution is 2.19. The van der Waals surface area contributed by atoms with E-state index in [2.05, 4.69) is 10.4 Å². The molecule has 0 bridgehead atoms. The van der Waals surface area contributed by atoms with Crippen LogP contribution in [-0.4, -0.2) is 33.5 Å². The van der Waals surface area contributed by atoms with Crippen molar-refractivity contribution in [2.24, 2.45) is 0 Å². The van der Waals surface area contributed by atoms with Gasteiger partial charge in [-0.15, -0.1) is 0 Å². The molecule has 0 atom stereocenters. The molecule has 0 aliphatic heterocycles. The zero-order valence-corrected chi connectivity index (χ0v) is 18.4.